The summed E-state index contributed by atoms with van der Waals surface area (Å²) >= 11 is 0. The molecule has 3 nitrogen and oxygen atoms in total. The number of hydrogen-bond acceptors (Lipinski definition) is 3. The molecule has 0 bridgehead atoms. The van der Waals surface area contributed by atoms with Crippen LogP contribution in [0.25, 0.3) is 0 Å². The summed E-state index contributed by atoms with van der Waals surface area (Å²) in [6, 6.07) is 4.23. The zero-order valence-corrected chi connectivity index (χ0v) is 12.1. The van der Waals surface area contributed by atoms with Crippen molar-refractivity contribution >= 4 is 0 Å². The van der Waals surface area contributed by atoms with Gasteiger partial charge in [-0.05, 0) is 62.6 Å². The number of benzene rings is 1. The molecule has 2 rings (SSSR count). The van der Waals surface area contributed by atoms with Gasteiger partial charge in [-0.1, -0.05) is 6.07 Å². The Bertz CT molecular complexity index is 437. The molecule has 0 saturated heterocycles. The van der Waals surface area contributed by atoms with E-state index in [-0.39, 0.29) is 12.1 Å². The third kappa shape index (κ3) is 3.10. The largest absolute Gasteiger partial charge is 0.496 e. The van der Waals surface area contributed by atoms with E-state index in [4.69, 9.17) is 10.5 Å². The predicted octanol–water partition coefficient (Wildman–Crippen LogP) is 2.86. The average Bonchev–Trinajstić information content (AvgIpc) is 2.41. The standard InChI is InChI=1S/C16H25NO2/c1-10-8-14(15(19-3)9-11(10)2)16(17)12-4-6-13(18)7-5-12/h8-9,12-13,16,18H,4-7,17H2,1-3H3. The first kappa shape index (κ1) is 14.4. The van der Waals surface area contributed by atoms with Crippen LogP contribution in [0.4, 0.5) is 0 Å². The molecule has 0 spiro atoms. The zero-order valence-electron chi connectivity index (χ0n) is 12.1. The van der Waals surface area contributed by atoms with E-state index < -0.39 is 0 Å². The van der Waals surface area contributed by atoms with Crippen LogP contribution in [0.15, 0.2) is 12.1 Å². The Morgan fingerprint density at radius 3 is 2.32 bits per heavy atom. The van der Waals surface area contributed by atoms with Gasteiger partial charge in [0.1, 0.15) is 5.75 Å². The van der Waals surface area contributed by atoms with E-state index in [0.29, 0.717) is 5.92 Å². The Morgan fingerprint density at radius 2 is 1.74 bits per heavy atom. The normalized spacial score (nSPS) is 25.1. The van der Waals surface area contributed by atoms with Gasteiger partial charge < -0.3 is 15.6 Å². The van der Waals surface area contributed by atoms with E-state index >= 15 is 0 Å². The Balaban J connectivity index is 2.22. The van der Waals surface area contributed by atoms with Crippen molar-refractivity contribution in [2.45, 2.75) is 51.7 Å². The first-order chi connectivity index (χ1) is 9.02. The number of methoxy groups -OCH3 is 1. The third-order valence-corrected chi connectivity index (χ3v) is 4.45. The van der Waals surface area contributed by atoms with Crippen LogP contribution in [-0.2, 0) is 0 Å². The minimum absolute atomic E-state index is 0.00162. The molecule has 1 aromatic carbocycles. The van der Waals surface area contributed by atoms with Crippen molar-refractivity contribution in [2.75, 3.05) is 7.11 Å². The maximum Gasteiger partial charge on any atom is 0.123 e. The van der Waals surface area contributed by atoms with Crippen LogP contribution in [0.5, 0.6) is 5.75 Å². The van der Waals surface area contributed by atoms with Gasteiger partial charge in [0.25, 0.3) is 0 Å². The fourth-order valence-electron chi connectivity index (χ4n) is 2.96. The summed E-state index contributed by atoms with van der Waals surface area (Å²) in [4.78, 5) is 0. The Morgan fingerprint density at radius 1 is 1.16 bits per heavy atom. The van der Waals surface area contributed by atoms with Gasteiger partial charge in [-0.2, -0.15) is 0 Å². The molecule has 1 saturated carbocycles. The van der Waals surface area contributed by atoms with E-state index in [2.05, 4.69) is 26.0 Å². The van der Waals surface area contributed by atoms with Crippen LogP contribution >= 0.6 is 0 Å². The van der Waals surface area contributed by atoms with Gasteiger partial charge in [-0.3, -0.25) is 0 Å². The number of aryl methyl sites for hydroxylation is 2. The lowest BCUT2D eigenvalue weighted by Gasteiger charge is -2.31. The van der Waals surface area contributed by atoms with Gasteiger partial charge in [0, 0.05) is 11.6 Å². The Hall–Kier alpha value is -1.06. The van der Waals surface area contributed by atoms with Crippen molar-refractivity contribution in [3.8, 4) is 5.75 Å². The van der Waals surface area contributed by atoms with Crippen LogP contribution < -0.4 is 10.5 Å². The van der Waals surface area contributed by atoms with E-state index in [1.54, 1.807) is 7.11 Å². The number of rotatable bonds is 3. The predicted molar refractivity (Wildman–Crippen MR) is 77.4 cm³/mol. The summed E-state index contributed by atoms with van der Waals surface area (Å²) in [6.07, 6.45) is 3.60. The highest BCUT2D eigenvalue weighted by atomic mass is 16.5. The highest BCUT2D eigenvalue weighted by molar-refractivity contribution is 5.43. The molecule has 0 aromatic heterocycles. The highest BCUT2D eigenvalue weighted by Crippen LogP contribution is 2.37. The molecule has 0 amide bonds. The first-order valence-corrected chi connectivity index (χ1v) is 7.11. The van der Waals surface area contributed by atoms with E-state index in [1.165, 1.54) is 11.1 Å². The number of ether oxygens (including phenoxy) is 1. The van der Waals surface area contributed by atoms with Gasteiger partial charge >= 0.3 is 0 Å². The minimum atomic E-state index is -0.134. The smallest absolute Gasteiger partial charge is 0.123 e. The van der Waals surface area contributed by atoms with Crippen molar-refractivity contribution in [2.24, 2.45) is 11.7 Å². The molecule has 19 heavy (non-hydrogen) atoms. The average molecular weight is 263 g/mol. The van der Waals surface area contributed by atoms with Gasteiger partial charge in [-0.25, -0.2) is 0 Å². The van der Waals surface area contributed by atoms with E-state index in [0.717, 1.165) is 37.0 Å². The fraction of sp³-hybridized carbons (Fsp3) is 0.625. The van der Waals surface area contributed by atoms with Crippen LogP contribution in [0.1, 0.15) is 48.4 Å². The highest BCUT2D eigenvalue weighted by Gasteiger charge is 2.27. The lowest BCUT2D eigenvalue weighted by molar-refractivity contribution is 0.101. The van der Waals surface area contributed by atoms with E-state index in [1.807, 2.05) is 0 Å². The fourth-order valence-corrected chi connectivity index (χ4v) is 2.96. The van der Waals surface area contributed by atoms with Crippen molar-refractivity contribution in [3.63, 3.8) is 0 Å². The maximum atomic E-state index is 9.60. The first-order valence-electron chi connectivity index (χ1n) is 7.11. The molecular formula is C16H25NO2. The summed E-state index contributed by atoms with van der Waals surface area (Å²) in [5.41, 5.74) is 10.0. The van der Waals surface area contributed by atoms with Crippen molar-refractivity contribution in [1.29, 1.82) is 0 Å². The van der Waals surface area contributed by atoms with Crippen LogP contribution in [0.2, 0.25) is 0 Å². The second-order valence-electron chi connectivity index (χ2n) is 5.77. The lowest BCUT2D eigenvalue weighted by atomic mass is 9.80. The SMILES string of the molecule is COc1cc(C)c(C)cc1C(N)C1CCC(O)CC1. The second-order valence-corrected chi connectivity index (χ2v) is 5.77. The second kappa shape index (κ2) is 5.93. The number of nitrogens with two attached hydrogens (primary N) is 1. The summed E-state index contributed by atoms with van der Waals surface area (Å²) in [5, 5.41) is 9.60. The number of hydrogen-bond donors (Lipinski definition) is 2. The molecule has 3 N–H and O–H groups in total. The van der Waals surface area contributed by atoms with Crippen LogP contribution in [-0.4, -0.2) is 18.3 Å². The molecule has 1 atom stereocenters. The quantitative estimate of drug-likeness (QED) is 0.881. The topological polar surface area (TPSA) is 55.5 Å². The molecule has 0 radical (unpaired) electrons. The van der Waals surface area contributed by atoms with Crippen LogP contribution in [0.3, 0.4) is 0 Å². The van der Waals surface area contributed by atoms with Crippen molar-refractivity contribution in [1.82, 2.24) is 0 Å². The number of aliphatic hydroxyl groups is 1. The summed E-state index contributed by atoms with van der Waals surface area (Å²) in [7, 11) is 1.70. The zero-order chi connectivity index (χ0) is 14.0. The number of aliphatic hydroxyl groups excluding tert-OH is 1. The summed E-state index contributed by atoms with van der Waals surface area (Å²) in [6.45, 7) is 4.19. The molecule has 1 aromatic rings. The molecule has 0 heterocycles. The molecule has 3 heteroatoms. The van der Waals surface area contributed by atoms with Gasteiger partial charge in [0.05, 0.1) is 13.2 Å². The summed E-state index contributed by atoms with van der Waals surface area (Å²) < 4.78 is 5.48. The minimum Gasteiger partial charge on any atom is -0.496 e. The molecular weight excluding hydrogens is 238 g/mol. The van der Waals surface area contributed by atoms with Crippen molar-refractivity contribution < 1.29 is 9.84 Å². The maximum absolute atomic E-state index is 9.60. The Labute approximate surface area is 115 Å². The third-order valence-electron chi connectivity index (χ3n) is 4.45. The Kier molecular flexibility index (Phi) is 4.48. The van der Waals surface area contributed by atoms with Crippen LogP contribution in [0, 0.1) is 19.8 Å². The molecule has 1 aliphatic rings. The lowest BCUT2D eigenvalue weighted by Crippen LogP contribution is -2.28. The monoisotopic (exact) mass is 263 g/mol. The van der Waals surface area contributed by atoms with Crippen molar-refractivity contribution in [3.05, 3.63) is 28.8 Å². The molecule has 0 aliphatic heterocycles. The van der Waals surface area contributed by atoms with E-state index in [9.17, 15) is 5.11 Å². The molecule has 1 aliphatic carbocycles. The van der Waals surface area contributed by atoms with Gasteiger partial charge in [-0.15, -0.1) is 0 Å². The molecule has 1 fully saturated rings. The van der Waals surface area contributed by atoms with Gasteiger partial charge in [0.2, 0.25) is 0 Å². The molecule has 106 valence electrons. The summed E-state index contributed by atoms with van der Waals surface area (Å²) in [5.74, 6) is 1.33. The van der Waals surface area contributed by atoms with Gasteiger partial charge in [0.15, 0.2) is 0 Å². The molecule has 1 unspecified atom stereocenters.